The van der Waals surface area contributed by atoms with Gasteiger partial charge in [-0.05, 0) is 28.8 Å². The van der Waals surface area contributed by atoms with Gasteiger partial charge in [0.15, 0.2) is 5.78 Å². The number of nitro groups is 1. The van der Waals surface area contributed by atoms with E-state index in [0.717, 1.165) is 0 Å². The van der Waals surface area contributed by atoms with E-state index in [4.69, 9.17) is 4.43 Å². The maximum atomic E-state index is 13.5. The van der Waals surface area contributed by atoms with Crippen LogP contribution in [0.3, 0.4) is 0 Å². The fourth-order valence-electron chi connectivity index (χ4n) is 5.50. The summed E-state index contributed by atoms with van der Waals surface area (Å²) in [5.41, 5.74) is 0.566. The lowest BCUT2D eigenvalue weighted by molar-refractivity contribution is -0.384. The molecule has 0 N–H and O–H groups in total. The maximum absolute atomic E-state index is 13.5. The largest absolute Gasteiger partial charge is 0.404 e. The number of Topliss-reactive ketones (excluding diaryl/α,β-unsaturated/α-hetero) is 1. The Kier molecular flexibility index (Phi) is 6.81. The zero-order chi connectivity index (χ0) is 24.0. The fourth-order valence-corrected chi connectivity index (χ4v) is 12.8. The van der Waals surface area contributed by atoms with Gasteiger partial charge in [0.1, 0.15) is 6.10 Å². The van der Waals surface area contributed by atoms with Gasteiger partial charge in [0.05, 0.1) is 21.9 Å². The van der Waals surface area contributed by atoms with Gasteiger partial charge in [-0.15, -0.1) is 0 Å². The normalized spacial score (nSPS) is 24.2. The SMILES string of the molecule is CC(C)[Si](O[C@@H]1C(=O)C[C@@H]2C=C[C@H]1N2S(=O)(=O)c1ccc([N+](=O)[O-])cc1)(C(C)C)C(C)C. The maximum Gasteiger partial charge on any atom is 0.269 e. The Labute approximate surface area is 191 Å². The second-order valence-electron chi connectivity index (χ2n) is 9.56. The Morgan fingerprint density at radius 1 is 1.03 bits per heavy atom. The Hall–Kier alpha value is -1.88. The van der Waals surface area contributed by atoms with Crippen molar-refractivity contribution < 1.29 is 22.6 Å². The van der Waals surface area contributed by atoms with Crippen LogP contribution in [0.4, 0.5) is 5.69 Å². The molecular weight excluding hydrogens is 448 g/mol. The third kappa shape index (κ3) is 3.98. The first-order chi connectivity index (χ1) is 14.8. The molecule has 0 radical (unpaired) electrons. The van der Waals surface area contributed by atoms with E-state index in [1.807, 2.05) is 0 Å². The number of benzene rings is 1. The van der Waals surface area contributed by atoms with Crippen LogP contribution in [-0.4, -0.2) is 49.9 Å². The Balaban J connectivity index is 1.99. The van der Waals surface area contributed by atoms with E-state index in [2.05, 4.69) is 41.5 Å². The first-order valence-electron chi connectivity index (χ1n) is 11.0. The number of fused-ring (bicyclic) bond motifs is 2. The molecule has 0 amide bonds. The molecule has 32 heavy (non-hydrogen) atoms. The quantitative estimate of drug-likeness (QED) is 0.236. The van der Waals surface area contributed by atoms with Gasteiger partial charge in [0.2, 0.25) is 18.3 Å². The molecule has 0 unspecified atom stereocenters. The summed E-state index contributed by atoms with van der Waals surface area (Å²) in [4.78, 5) is 23.4. The predicted molar refractivity (Wildman–Crippen MR) is 124 cm³/mol. The number of nitrogens with zero attached hydrogens (tertiary/aromatic N) is 2. The lowest BCUT2D eigenvalue weighted by Gasteiger charge is -2.47. The zero-order valence-corrected chi connectivity index (χ0v) is 21.2. The molecule has 2 heterocycles. The minimum absolute atomic E-state index is 0.0324. The average molecular weight is 481 g/mol. The van der Waals surface area contributed by atoms with Gasteiger partial charge < -0.3 is 4.43 Å². The number of hydrogen-bond donors (Lipinski definition) is 0. The van der Waals surface area contributed by atoms with Crippen LogP contribution in [0.25, 0.3) is 0 Å². The van der Waals surface area contributed by atoms with Crippen LogP contribution in [-0.2, 0) is 19.2 Å². The number of nitro benzene ring substituents is 1. The number of non-ortho nitro benzene ring substituents is 1. The van der Waals surface area contributed by atoms with Crippen molar-refractivity contribution >= 4 is 29.8 Å². The van der Waals surface area contributed by atoms with Crippen molar-refractivity contribution in [2.45, 2.75) is 87.7 Å². The summed E-state index contributed by atoms with van der Waals surface area (Å²) in [6.45, 7) is 12.7. The molecule has 8 nitrogen and oxygen atoms in total. The number of hydrogen-bond acceptors (Lipinski definition) is 6. The van der Waals surface area contributed by atoms with Crippen molar-refractivity contribution in [1.29, 1.82) is 0 Å². The number of carbonyl (C=O) groups excluding carboxylic acids is 1. The molecule has 3 atom stereocenters. The van der Waals surface area contributed by atoms with E-state index in [0.29, 0.717) is 0 Å². The molecule has 0 aliphatic carbocycles. The molecule has 1 aromatic rings. The number of rotatable bonds is 8. The van der Waals surface area contributed by atoms with Crippen LogP contribution < -0.4 is 0 Å². The predicted octanol–water partition coefficient (Wildman–Crippen LogP) is 4.43. The van der Waals surface area contributed by atoms with Gasteiger partial charge in [-0.2, -0.15) is 4.31 Å². The lowest BCUT2D eigenvalue weighted by Crippen LogP contribution is -2.61. The number of piperidine rings is 1. The summed E-state index contributed by atoms with van der Waals surface area (Å²) in [6.07, 6.45) is 2.74. The van der Waals surface area contributed by atoms with Crippen molar-refractivity contribution in [2.75, 3.05) is 0 Å². The lowest BCUT2D eigenvalue weighted by atomic mass is 10.0. The summed E-state index contributed by atoms with van der Waals surface area (Å²) in [5, 5.41) is 10.9. The van der Waals surface area contributed by atoms with Crippen LogP contribution in [0.15, 0.2) is 41.3 Å². The molecule has 0 spiro atoms. The Morgan fingerprint density at radius 2 is 1.56 bits per heavy atom. The van der Waals surface area contributed by atoms with E-state index in [1.165, 1.54) is 28.6 Å². The summed E-state index contributed by atoms with van der Waals surface area (Å²) < 4.78 is 35.1. The van der Waals surface area contributed by atoms with Crippen LogP contribution in [0.1, 0.15) is 48.0 Å². The zero-order valence-electron chi connectivity index (χ0n) is 19.4. The highest BCUT2D eigenvalue weighted by atomic mass is 32.2. The van der Waals surface area contributed by atoms with E-state index < -0.39 is 41.5 Å². The van der Waals surface area contributed by atoms with Crippen LogP contribution in [0, 0.1) is 10.1 Å². The van der Waals surface area contributed by atoms with Gasteiger partial charge in [-0.3, -0.25) is 14.9 Å². The molecule has 0 aromatic heterocycles. The summed E-state index contributed by atoms with van der Waals surface area (Å²) in [7, 11) is -6.42. The van der Waals surface area contributed by atoms with Crippen molar-refractivity contribution in [3.8, 4) is 0 Å². The summed E-state index contributed by atoms with van der Waals surface area (Å²) in [5.74, 6) is -0.0704. The highest BCUT2D eigenvalue weighted by Crippen LogP contribution is 2.46. The van der Waals surface area contributed by atoms with E-state index >= 15 is 0 Å². The van der Waals surface area contributed by atoms with Crippen molar-refractivity contribution in [3.63, 3.8) is 0 Å². The third-order valence-corrected chi connectivity index (χ3v) is 14.9. The Morgan fingerprint density at radius 3 is 2.03 bits per heavy atom. The van der Waals surface area contributed by atoms with Gasteiger partial charge in [0, 0.05) is 18.6 Å². The van der Waals surface area contributed by atoms with Crippen LogP contribution >= 0.6 is 0 Å². The van der Waals surface area contributed by atoms with Gasteiger partial charge >= 0.3 is 0 Å². The minimum Gasteiger partial charge on any atom is -0.404 e. The molecule has 1 saturated heterocycles. The van der Waals surface area contributed by atoms with Crippen molar-refractivity contribution in [1.82, 2.24) is 4.31 Å². The smallest absolute Gasteiger partial charge is 0.269 e. The molecule has 10 heteroatoms. The van der Waals surface area contributed by atoms with E-state index in [1.54, 1.807) is 12.2 Å². The molecule has 1 aromatic carbocycles. The molecule has 2 aliphatic heterocycles. The van der Waals surface area contributed by atoms with E-state index in [-0.39, 0.29) is 39.4 Å². The summed E-state index contributed by atoms with van der Waals surface area (Å²) in [6, 6.07) is 3.56. The molecule has 176 valence electrons. The topological polar surface area (TPSA) is 107 Å². The van der Waals surface area contributed by atoms with Gasteiger partial charge in [0.25, 0.3) is 5.69 Å². The Bertz CT molecular complexity index is 998. The first kappa shape index (κ1) is 24.8. The monoisotopic (exact) mass is 480 g/mol. The number of sulfonamides is 1. The fraction of sp³-hybridized carbons (Fsp3) is 0.591. The highest BCUT2D eigenvalue weighted by molar-refractivity contribution is 7.89. The molecular formula is C22H32N2O6SSi. The van der Waals surface area contributed by atoms with Crippen LogP contribution in [0.5, 0.6) is 0 Å². The highest BCUT2D eigenvalue weighted by Gasteiger charge is 2.55. The van der Waals surface area contributed by atoms with Gasteiger partial charge in [-0.25, -0.2) is 8.42 Å². The third-order valence-electron chi connectivity index (χ3n) is 6.85. The van der Waals surface area contributed by atoms with Crippen LogP contribution in [0.2, 0.25) is 16.6 Å². The number of carbonyl (C=O) groups is 1. The molecule has 1 fully saturated rings. The second kappa shape index (κ2) is 8.81. The standard InChI is InChI=1S/C22H32N2O6SSi/c1-14(2)32(15(3)4,16(5)6)30-22-20-12-9-18(13-21(22)25)23(20)31(28,29)19-10-7-17(8-11-19)24(26)27/h7-12,14-16,18,20,22H,13H2,1-6H3/t18-,20+,22-/m0/s1. The molecule has 2 aliphatic rings. The van der Waals surface area contributed by atoms with E-state index in [9.17, 15) is 23.3 Å². The molecule has 0 saturated carbocycles. The average Bonchev–Trinajstić information content (AvgIpc) is 3.04. The first-order valence-corrected chi connectivity index (χ1v) is 14.6. The minimum atomic E-state index is -3.98. The van der Waals surface area contributed by atoms with Crippen molar-refractivity contribution in [2.24, 2.45) is 0 Å². The second-order valence-corrected chi connectivity index (χ2v) is 16.8. The number of ketones is 1. The molecule has 2 bridgehead atoms. The summed E-state index contributed by atoms with van der Waals surface area (Å²) >= 11 is 0. The molecule has 3 rings (SSSR count). The van der Waals surface area contributed by atoms with Crippen molar-refractivity contribution in [3.05, 3.63) is 46.5 Å². The van der Waals surface area contributed by atoms with Gasteiger partial charge in [-0.1, -0.05) is 53.7 Å².